The molecule has 3 rings (SSSR count). The van der Waals surface area contributed by atoms with Crippen molar-refractivity contribution in [2.24, 2.45) is 0 Å². The lowest BCUT2D eigenvalue weighted by Crippen LogP contribution is -2.25. The fraction of sp³-hybridized carbons (Fsp3) is 0.125. The lowest BCUT2D eigenvalue weighted by Gasteiger charge is -2.04. The van der Waals surface area contributed by atoms with Gasteiger partial charge < -0.3 is 10.3 Å². The first-order valence-electron chi connectivity index (χ1n) is 6.69. The Morgan fingerprint density at radius 1 is 1.29 bits per heavy atom. The quantitative estimate of drug-likeness (QED) is 0.723. The first-order valence-corrected chi connectivity index (χ1v) is 6.69. The Bertz CT molecular complexity index is 782. The average molecular weight is 283 g/mol. The van der Waals surface area contributed by atoms with Crippen molar-refractivity contribution in [1.29, 1.82) is 0 Å². The van der Waals surface area contributed by atoms with Gasteiger partial charge in [-0.15, -0.1) is 0 Å². The van der Waals surface area contributed by atoms with Gasteiger partial charge in [0, 0.05) is 41.5 Å². The van der Waals surface area contributed by atoms with E-state index in [1.807, 2.05) is 30.5 Å². The molecule has 0 aliphatic carbocycles. The van der Waals surface area contributed by atoms with Crippen molar-refractivity contribution in [2.75, 3.05) is 6.54 Å². The van der Waals surface area contributed by atoms with Crippen LogP contribution in [0.1, 0.15) is 15.9 Å². The van der Waals surface area contributed by atoms with Crippen LogP contribution < -0.4 is 5.32 Å². The van der Waals surface area contributed by atoms with Crippen LogP contribution in [0.25, 0.3) is 10.9 Å². The number of H-pyrrole nitrogens is 1. The summed E-state index contributed by atoms with van der Waals surface area (Å²) in [5, 5.41) is 3.94. The minimum Gasteiger partial charge on any atom is -0.361 e. The molecule has 0 radical (unpaired) electrons. The van der Waals surface area contributed by atoms with Crippen LogP contribution in [0.15, 0.2) is 48.8 Å². The molecule has 0 aliphatic heterocycles. The number of carbonyl (C=O) groups excluding carboxylic acids is 1. The molecule has 1 aromatic carbocycles. The third-order valence-corrected chi connectivity index (χ3v) is 3.34. The number of aromatic amines is 1. The lowest BCUT2D eigenvalue weighted by atomic mass is 10.1. The van der Waals surface area contributed by atoms with Crippen molar-refractivity contribution in [3.63, 3.8) is 0 Å². The van der Waals surface area contributed by atoms with Gasteiger partial charge >= 0.3 is 0 Å². The fourth-order valence-corrected chi connectivity index (χ4v) is 2.29. The van der Waals surface area contributed by atoms with Crippen molar-refractivity contribution in [1.82, 2.24) is 15.3 Å². The lowest BCUT2D eigenvalue weighted by molar-refractivity contribution is 0.0953. The van der Waals surface area contributed by atoms with Gasteiger partial charge in [-0.05, 0) is 24.1 Å². The van der Waals surface area contributed by atoms with Crippen molar-refractivity contribution < 1.29 is 9.18 Å². The fourth-order valence-electron chi connectivity index (χ4n) is 2.29. The van der Waals surface area contributed by atoms with Crippen LogP contribution in [0, 0.1) is 5.95 Å². The zero-order valence-corrected chi connectivity index (χ0v) is 11.3. The monoisotopic (exact) mass is 283 g/mol. The number of aromatic nitrogens is 2. The van der Waals surface area contributed by atoms with E-state index in [4.69, 9.17) is 0 Å². The van der Waals surface area contributed by atoms with Crippen molar-refractivity contribution in [2.45, 2.75) is 6.42 Å². The molecule has 0 bridgehead atoms. The summed E-state index contributed by atoms with van der Waals surface area (Å²) in [6.07, 6.45) is 3.94. The van der Waals surface area contributed by atoms with E-state index in [0.717, 1.165) is 22.5 Å². The number of rotatable bonds is 4. The molecular weight excluding hydrogens is 269 g/mol. The summed E-state index contributed by atoms with van der Waals surface area (Å²) in [5.74, 6) is -0.949. The minimum atomic E-state index is -0.653. The second kappa shape index (κ2) is 5.75. The zero-order valence-electron chi connectivity index (χ0n) is 11.3. The molecule has 106 valence electrons. The van der Waals surface area contributed by atoms with Gasteiger partial charge in [0.15, 0.2) is 0 Å². The van der Waals surface area contributed by atoms with Crippen molar-refractivity contribution in [3.05, 3.63) is 65.9 Å². The Labute approximate surface area is 121 Å². The summed E-state index contributed by atoms with van der Waals surface area (Å²) in [4.78, 5) is 18.5. The summed E-state index contributed by atoms with van der Waals surface area (Å²) in [6.45, 7) is 0.491. The Hall–Kier alpha value is -2.69. The van der Waals surface area contributed by atoms with Crippen LogP contribution in [-0.4, -0.2) is 22.4 Å². The number of pyridine rings is 1. The molecule has 0 unspecified atom stereocenters. The smallest absolute Gasteiger partial charge is 0.251 e. The van der Waals surface area contributed by atoms with E-state index in [1.54, 1.807) is 0 Å². The van der Waals surface area contributed by atoms with Crippen LogP contribution in [-0.2, 0) is 6.42 Å². The largest absolute Gasteiger partial charge is 0.361 e. The Kier molecular flexibility index (Phi) is 3.64. The van der Waals surface area contributed by atoms with Crippen LogP contribution in [0.2, 0.25) is 0 Å². The van der Waals surface area contributed by atoms with E-state index in [2.05, 4.69) is 15.3 Å². The molecular formula is C16H14FN3O. The highest BCUT2D eigenvalue weighted by molar-refractivity contribution is 5.94. The van der Waals surface area contributed by atoms with Gasteiger partial charge in [0.25, 0.3) is 5.91 Å². The number of carbonyl (C=O) groups is 1. The Balaban J connectivity index is 1.62. The van der Waals surface area contributed by atoms with Gasteiger partial charge in [-0.3, -0.25) is 4.79 Å². The molecule has 0 saturated heterocycles. The molecule has 0 aliphatic rings. The van der Waals surface area contributed by atoms with E-state index in [1.165, 1.54) is 12.3 Å². The van der Waals surface area contributed by atoms with E-state index < -0.39 is 5.95 Å². The predicted octanol–water partition coefficient (Wildman–Crippen LogP) is 2.67. The van der Waals surface area contributed by atoms with Crippen LogP contribution in [0.5, 0.6) is 0 Å². The predicted molar refractivity (Wildman–Crippen MR) is 78.5 cm³/mol. The maximum Gasteiger partial charge on any atom is 0.251 e. The molecule has 5 heteroatoms. The van der Waals surface area contributed by atoms with Crippen molar-refractivity contribution >= 4 is 16.8 Å². The molecule has 0 spiro atoms. The minimum absolute atomic E-state index is 0.279. The van der Waals surface area contributed by atoms with Crippen molar-refractivity contribution in [3.8, 4) is 0 Å². The number of hydrogen-bond acceptors (Lipinski definition) is 2. The summed E-state index contributed by atoms with van der Waals surface area (Å²) in [7, 11) is 0. The van der Waals surface area contributed by atoms with E-state index in [-0.39, 0.29) is 11.5 Å². The SMILES string of the molecule is O=C(NCCc1c[nH]c2ccccc12)c1ccnc(F)c1. The van der Waals surface area contributed by atoms with Gasteiger partial charge in [0.1, 0.15) is 0 Å². The van der Waals surface area contributed by atoms with Crippen LogP contribution in [0.4, 0.5) is 4.39 Å². The molecule has 0 fully saturated rings. The number of benzene rings is 1. The number of hydrogen-bond donors (Lipinski definition) is 2. The second-order valence-electron chi connectivity index (χ2n) is 4.73. The molecule has 21 heavy (non-hydrogen) atoms. The van der Waals surface area contributed by atoms with E-state index in [9.17, 15) is 9.18 Å². The molecule has 1 amide bonds. The van der Waals surface area contributed by atoms with Crippen LogP contribution in [0.3, 0.4) is 0 Å². The molecule has 2 N–H and O–H groups in total. The highest BCUT2D eigenvalue weighted by atomic mass is 19.1. The first kappa shape index (κ1) is 13.3. The average Bonchev–Trinajstić information content (AvgIpc) is 2.91. The number of nitrogens with zero attached hydrogens (tertiary/aromatic N) is 1. The summed E-state index contributed by atoms with van der Waals surface area (Å²) in [5.41, 5.74) is 2.50. The Morgan fingerprint density at radius 3 is 3.00 bits per heavy atom. The number of fused-ring (bicyclic) bond motifs is 1. The van der Waals surface area contributed by atoms with E-state index >= 15 is 0 Å². The van der Waals surface area contributed by atoms with Gasteiger partial charge in [0.2, 0.25) is 5.95 Å². The molecule has 0 atom stereocenters. The third-order valence-electron chi connectivity index (χ3n) is 3.34. The maximum atomic E-state index is 13.0. The topological polar surface area (TPSA) is 57.8 Å². The van der Waals surface area contributed by atoms with Gasteiger partial charge in [-0.25, -0.2) is 4.98 Å². The zero-order chi connectivity index (χ0) is 14.7. The normalized spacial score (nSPS) is 10.7. The third kappa shape index (κ3) is 2.91. The molecule has 2 aromatic heterocycles. The number of amides is 1. The Morgan fingerprint density at radius 2 is 2.14 bits per heavy atom. The maximum absolute atomic E-state index is 13.0. The highest BCUT2D eigenvalue weighted by Gasteiger charge is 2.07. The summed E-state index contributed by atoms with van der Waals surface area (Å²) in [6, 6.07) is 10.6. The molecule has 0 saturated carbocycles. The van der Waals surface area contributed by atoms with Gasteiger partial charge in [-0.1, -0.05) is 18.2 Å². The number of nitrogens with one attached hydrogen (secondary N) is 2. The molecule has 3 aromatic rings. The summed E-state index contributed by atoms with van der Waals surface area (Å²) >= 11 is 0. The van der Waals surface area contributed by atoms with E-state index in [0.29, 0.717) is 13.0 Å². The number of halogens is 1. The highest BCUT2D eigenvalue weighted by Crippen LogP contribution is 2.17. The van der Waals surface area contributed by atoms with Gasteiger partial charge in [0.05, 0.1) is 0 Å². The second-order valence-corrected chi connectivity index (χ2v) is 4.73. The molecule has 4 nitrogen and oxygen atoms in total. The first-order chi connectivity index (χ1) is 10.2. The standard InChI is InChI=1S/C16H14FN3O/c17-15-9-11(5-7-18-15)16(21)19-8-6-12-10-20-14-4-2-1-3-13(12)14/h1-5,7,9-10,20H,6,8H2,(H,19,21). The molecule has 2 heterocycles. The number of para-hydroxylation sites is 1. The van der Waals surface area contributed by atoms with Gasteiger partial charge in [-0.2, -0.15) is 4.39 Å². The summed E-state index contributed by atoms with van der Waals surface area (Å²) < 4.78 is 13.0. The van der Waals surface area contributed by atoms with Crippen LogP contribution >= 0.6 is 0 Å².